The first-order chi connectivity index (χ1) is 9.14. The molecule has 0 heterocycles. The van der Waals surface area contributed by atoms with Gasteiger partial charge in [0.05, 0.1) is 25.0 Å². The predicted octanol–water partition coefficient (Wildman–Crippen LogP) is 2.70. The first-order valence-electron chi connectivity index (χ1n) is 6.42. The Labute approximate surface area is 112 Å². The summed E-state index contributed by atoms with van der Waals surface area (Å²) in [5.41, 5.74) is 0.0435. The standard InChI is InChI=1S/C15H17NO3/c1-19-13-10-11(5-6-12(13)17)15(8-9-16)7-3-2-4-14(15)18/h5-6,10,17H,2-4,7-8H2,1H3. The maximum Gasteiger partial charge on any atom is 0.160 e. The SMILES string of the molecule is COc1cc(C2(CC#N)CCCCC2=O)ccc1O. The summed E-state index contributed by atoms with van der Waals surface area (Å²) in [5, 5.41) is 18.7. The first-order valence-corrected chi connectivity index (χ1v) is 6.42. The number of methoxy groups -OCH3 is 1. The Morgan fingerprint density at radius 1 is 1.47 bits per heavy atom. The summed E-state index contributed by atoms with van der Waals surface area (Å²) in [5.74, 6) is 0.503. The number of carbonyl (C=O) groups excluding carboxylic acids is 1. The highest BCUT2D eigenvalue weighted by Crippen LogP contribution is 2.42. The molecule has 4 heteroatoms. The Morgan fingerprint density at radius 2 is 2.26 bits per heavy atom. The number of ether oxygens (including phenoxy) is 1. The highest BCUT2D eigenvalue weighted by Gasteiger charge is 2.41. The minimum Gasteiger partial charge on any atom is -0.504 e. The molecule has 0 amide bonds. The van der Waals surface area contributed by atoms with Gasteiger partial charge in [-0.05, 0) is 30.5 Å². The smallest absolute Gasteiger partial charge is 0.160 e. The molecule has 1 saturated carbocycles. The van der Waals surface area contributed by atoms with Crippen molar-refractivity contribution in [1.82, 2.24) is 0 Å². The van der Waals surface area contributed by atoms with Gasteiger partial charge >= 0.3 is 0 Å². The average molecular weight is 259 g/mol. The number of benzene rings is 1. The maximum absolute atomic E-state index is 12.3. The molecular weight excluding hydrogens is 242 g/mol. The number of aromatic hydroxyl groups is 1. The summed E-state index contributed by atoms with van der Waals surface area (Å²) in [7, 11) is 1.47. The van der Waals surface area contributed by atoms with Gasteiger partial charge in [-0.2, -0.15) is 5.26 Å². The summed E-state index contributed by atoms with van der Waals surface area (Å²) < 4.78 is 5.09. The molecule has 0 saturated heterocycles. The second-order valence-corrected chi connectivity index (χ2v) is 4.93. The van der Waals surface area contributed by atoms with Crippen LogP contribution < -0.4 is 4.74 Å². The average Bonchev–Trinajstić information content (AvgIpc) is 2.42. The third kappa shape index (κ3) is 2.28. The molecule has 0 bridgehead atoms. The number of nitrogens with zero attached hydrogens (tertiary/aromatic N) is 1. The van der Waals surface area contributed by atoms with Gasteiger partial charge in [-0.3, -0.25) is 4.79 Å². The summed E-state index contributed by atoms with van der Waals surface area (Å²) >= 11 is 0. The van der Waals surface area contributed by atoms with Gasteiger partial charge in [0, 0.05) is 6.42 Å². The summed E-state index contributed by atoms with van der Waals surface area (Å²) in [4.78, 5) is 12.3. The molecule has 1 aromatic rings. The van der Waals surface area contributed by atoms with Crippen molar-refractivity contribution >= 4 is 5.78 Å². The lowest BCUT2D eigenvalue weighted by atomic mass is 9.67. The molecule has 0 aromatic heterocycles. The van der Waals surface area contributed by atoms with Crippen molar-refractivity contribution in [3.63, 3.8) is 0 Å². The van der Waals surface area contributed by atoms with Crippen LogP contribution in [-0.2, 0) is 10.2 Å². The monoisotopic (exact) mass is 259 g/mol. The number of hydrogen-bond donors (Lipinski definition) is 1. The van der Waals surface area contributed by atoms with Gasteiger partial charge in [0.25, 0.3) is 0 Å². The Morgan fingerprint density at radius 3 is 2.89 bits per heavy atom. The van der Waals surface area contributed by atoms with E-state index in [1.165, 1.54) is 13.2 Å². The van der Waals surface area contributed by atoms with E-state index in [4.69, 9.17) is 10.00 Å². The molecular formula is C15H17NO3. The molecule has 100 valence electrons. The highest BCUT2D eigenvalue weighted by atomic mass is 16.5. The number of phenols is 1. The van der Waals surface area contributed by atoms with E-state index in [2.05, 4.69) is 6.07 Å². The quantitative estimate of drug-likeness (QED) is 0.906. The van der Waals surface area contributed by atoms with Crippen LogP contribution in [0.4, 0.5) is 0 Å². The van der Waals surface area contributed by atoms with Crippen LogP contribution in [0.15, 0.2) is 18.2 Å². The summed E-state index contributed by atoms with van der Waals surface area (Å²) in [6.07, 6.45) is 3.22. The number of nitriles is 1. The Bertz CT molecular complexity index is 533. The van der Waals surface area contributed by atoms with E-state index < -0.39 is 5.41 Å². The zero-order chi connectivity index (χ0) is 13.9. The van der Waals surface area contributed by atoms with Gasteiger partial charge in [-0.15, -0.1) is 0 Å². The third-order valence-electron chi connectivity index (χ3n) is 3.90. The molecule has 0 radical (unpaired) electrons. The molecule has 1 aliphatic rings. The third-order valence-corrected chi connectivity index (χ3v) is 3.90. The van der Waals surface area contributed by atoms with E-state index in [0.29, 0.717) is 18.6 Å². The van der Waals surface area contributed by atoms with Crippen LogP contribution in [0.5, 0.6) is 11.5 Å². The number of hydrogen-bond acceptors (Lipinski definition) is 4. The molecule has 2 rings (SSSR count). The molecule has 1 aliphatic carbocycles. The van der Waals surface area contributed by atoms with Crippen molar-refractivity contribution in [2.75, 3.05) is 7.11 Å². The van der Waals surface area contributed by atoms with Crippen molar-refractivity contribution in [3.8, 4) is 17.6 Å². The largest absolute Gasteiger partial charge is 0.504 e. The van der Waals surface area contributed by atoms with Crippen LogP contribution in [0.1, 0.15) is 37.7 Å². The molecule has 0 spiro atoms. The van der Waals surface area contributed by atoms with Gasteiger partial charge in [0.15, 0.2) is 11.5 Å². The Balaban J connectivity index is 2.50. The molecule has 1 atom stereocenters. The minimum absolute atomic E-state index is 0.0432. The Kier molecular flexibility index (Phi) is 3.75. The molecule has 1 fully saturated rings. The lowest BCUT2D eigenvalue weighted by molar-refractivity contribution is -0.126. The van der Waals surface area contributed by atoms with Crippen molar-refractivity contribution in [2.45, 2.75) is 37.5 Å². The Hall–Kier alpha value is -2.02. The van der Waals surface area contributed by atoms with E-state index in [0.717, 1.165) is 18.4 Å². The molecule has 19 heavy (non-hydrogen) atoms. The first kappa shape index (κ1) is 13.4. The minimum atomic E-state index is -0.728. The summed E-state index contributed by atoms with van der Waals surface area (Å²) in [6, 6.07) is 7.06. The highest BCUT2D eigenvalue weighted by molar-refractivity contribution is 5.91. The van der Waals surface area contributed by atoms with Crippen molar-refractivity contribution in [2.24, 2.45) is 0 Å². The molecule has 1 N–H and O–H groups in total. The van der Waals surface area contributed by atoms with E-state index in [1.807, 2.05) is 0 Å². The van der Waals surface area contributed by atoms with E-state index >= 15 is 0 Å². The molecule has 4 nitrogen and oxygen atoms in total. The number of Topliss-reactive ketones (excluding diaryl/α,β-unsaturated/α-hetero) is 1. The zero-order valence-corrected chi connectivity index (χ0v) is 11.0. The van der Waals surface area contributed by atoms with E-state index in [1.54, 1.807) is 12.1 Å². The molecule has 1 unspecified atom stereocenters. The summed E-state index contributed by atoms with van der Waals surface area (Å²) in [6.45, 7) is 0. The normalized spacial score (nSPS) is 22.8. The van der Waals surface area contributed by atoms with Crippen molar-refractivity contribution in [3.05, 3.63) is 23.8 Å². The predicted molar refractivity (Wildman–Crippen MR) is 70.0 cm³/mol. The van der Waals surface area contributed by atoms with Crippen LogP contribution in [-0.4, -0.2) is 18.0 Å². The van der Waals surface area contributed by atoms with E-state index in [9.17, 15) is 9.90 Å². The second kappa shape index (κ2) is 5.31. The number of ketones is 1. The van der Waals surface area contributed by atoms with Crippen molar-refractivity contribution in [1.29, 1.82) is 5.26 Å². The van der Waals surface area contributed by atoms with Crippen LogP contribution in [0, 0.1) is 11.3 Å². The second-order valence-electron chi connectivity index (χ2n) is 4.93. The lowest BCUT2D eigenvalue weighted by Crippen LogP contribution is -2.38. The van der Waals surface area contributed by atoms with E-state index in [-0.39, 0.29) is 18.0 Å². The maximum atomic E-state index is 12.3. The van der Waals surface area contributed by atoms with Crippen LogP contribution in [0.3, 0.4) is 0 Å². The number of carbonyl (C=O) groups is 1. The fourth-order valence-corrected chi connectivity index (χ4v) is 2.80. The van der Waals surface area contributed by atoms with Crippen LogP contribution in [0.2, 0.25) is 0 Å². The van der Waals surface area contributed by atoms with Gasteiger partial charge in [-0.25, -0.2) is 0 Å². The van der Waals surface area contributed by atoms with Gasteiger partial charge < -0.3 is 9.84 Å². The fraction of sp³-hybridized carbons (Fsp3) is 0.467. The van der Waals surface area contributed by atoms with Gasteiger partial charge in [0.1, 0.15) is 5.78 Å². The number of phenolic OH excluding ortho intramolecular Hbond substituents is 1. The zero-order valence-electron chi connectivity index (χ0n) is 11.0. The molecule has 0 aliphatic heterocycles. The molecule has 1 aromatic carbocycles. The van der Waals surface area contributed by atoms with Crippen molar-refractivity contribution < 1.29 is 14.6 Å². The van der Waals surface area contributed by atoms with Gasteiger partial charge in [0.2, 0.25) is 0 Å². The lowest BCUT2D eigenvalue weighted by Gasteiger charge is -2.34. The van der Waals surface area contributed by atoms with Crippen LogP contribution >= 0.6 is 0 Å². The van der Waals surface area contributed by atoms with Gasteiger partial charge in [-0.1, -0.05) is 12.5 Å². The topological polar surface area (TPSA) is 70.3 Å². The van der Waals surface area contributed by atoms with Crippen LogP contribution in [0.25, 0.3) is 0 Å². The number of rotatable bonds is 3. The fourth-order valence-electron chi connectivity index (χ4n) is 2.80.